The van der Waals surface area contributed by atoms with E-state index < -0.39 is 0 Å². The summed E-state index contributed by atoms with van der Waals surface area (Å²) in [5, 5.41) is 5.71. The number of pyridine rings is 1. The van der Waals surface area contributed by atoms with Crippen LogP contribution in [0, 0.1) is 12.7 Å². The van der Waals surface area contributed by atoms with Gasteiger partial charge in [-0.05, 0) is 55.2 Å². The number of nitrogens with two attached hydrogens (primary N) is 1. The number of hydrogen-bond acceptors (Lipinski definition) is 3. The molecule has 1 heterocycles. The van der Waals surface area contributed by atoms with Gasteiger partial charge in [-0.2, -0.15) is 0 Å². The van der Waals surface area contributed by atoms with E-state index in [1.54, 1.807) is 12.3 Å². The van der Waals surface area contributed by atoms with Gasteiger partial charge in [0.15, 0.2) is 0 Å². The number of aromatic nitrogens is 1. The van der Waals surface area contributed by atoms with E-state index in [-0.39, 0.29) is 5.82 Å². The molecule has 1 aliphatic rings. The van der Waals surface area contributed by atoms with E-state index in [9.17, 15) is 4.39 Å². The molecule has 0 spiro atoms. The van der Waals surface area contributed by atoms with Crippen LogP contribution in [0.15, 0.2) is 42.6 Å². The Balaban J connectivity index is 1.86. The number of nitrogens with zero attached hydrogens (tertiary/aromatic N) is 1. The summed E-state index contributed by atoms with van der Waals surface area (Å²) in [5.74, 6) is 0.301. The lowest BCUT2D eigenvalue weighted by atomic mass is 9.93. The topological polar surface area (TPSA) is 50.9 Å². The van der Waals surface area contributed by atoms with Crippen molar-refractivity contribution < 1.29 is 4.39 Å². The van der Waals surface area contributed by atoms with Crippen LogP contribution < -0.4 is 11.1 Å². The largest absolute Gasteiger partial charge is 0.384 e. The van der Waals surface area contributed by atoms with Crippen molar-refractivity contribution in [3.05, 3.63) is 54.0 Å². The monoisotopic (exact) mass is 349 g/mol. The van der Waals surface area contributed by atoms with Crippen LogP contribution in [0.1, 0.15) is 37.7 Å². The SMILES string of the molecule is Cc1cccc(F)c1-c1cc(NC2CCCCC2)c2cc(N)ncc2c1. The van der Waals surface area contributed by atoms with Crippen LogP contribution in [-0.4, -0.2) is 11.0 Å². The second kappa shape index (κ2) is 6.94. The van der Waals surface area contributed by atoms with Crippen LogP contribution in [0.5, 0.6) is 0 Å². The fraction of sp³-hybridized carbons (Fsp3) is 0.318. The zero-order valence-corrected chi connectivity index (χ0v) is 15.1. The third-order valence-corrected chi connectivity index (χ3v) is 5.33. The Bertz CT molecular complexity index is 925. The second-order valence-corrected chi connectivity index (χ2v) is 7.27. The lowest BCUT2D eigenvalue weighted by Crippen LogP contribution is -2.22. The summed E-state index contributed by atoms with van der Waals surface area (Å²) in [4.78, 5) is 4.23. The van der Waals surface area contributed by atoms with Gasteiger partial charge in [0, 0.05) is 34.3 Å². The van der Waals surface area contributed by atoms with Crippen LogP contribution in [0.2, 0.25) is 0 Å². The predicted molar refractivity (Wildman–Crippen MR) is 107 cm³/mol. The van der Waals surface area contributed by atoms with E-state index in [2.05, 4.69) is 16.4 Å². The standard InChI is InChI=1S/C22H24FN3/c1-14-6-5-9-19(23)22(14)15-10-16-13-25-21(24)12-18(16)20(11-15)26-17-7-3-2-4-8-17/h5-6,9-13,17,26H,2-4,7-8H2,1H3,(H2,24,25). The molecule has 1 saturated carbocycles. The Hall–Kier alpha value is -2.62. The summed E-state index contributed by atoms with van der Waals surface area (Å²) in [6.45, 7) is 1.94. The van der Waals surface area contributed by atoms with Crippen molar-refractivity contribution in [3.8, 4) is 11.1 Å². The number of nitrogens with one attached hydrogen (secondary N) is 1. The zero-order valence-electron chi connectivity index (χ0n) is 15.1. The molecular formula is C22H24FN3. The van der Waals surface area contributed by atoms with Gasteiger partial charge in [0.2, 0.25) is 0 Å². The molecule has 1 aliphatic carbocycles. The van der Waals surface area contributed by atoms with E-state index in [1.165, 1.54) is 38.2 Å². The molecule has 4 heteroatoms. The Labute approximate surface area is 153 Å². The van der Waals surface area contributed by atoms with Crippen molar-refractivity contribution in [2.75, 3.05) is 11.1 Å². The van der Waals surface area contributed by atoms with Gasteiger partial charge in [-0.25, -0.2) is 9.37 Å². The van der Waals surface area contributed by atoms with Crippen LogP contribution >= 0.6 is 0 Å². The Morgan fingerprint density at radius 1 is 1.12 bits per heavy atom. The quantitative estimate of drug-likeness (QED) is 0.640. The lowest BCUT2D eigenvalue weighted by molar-refractivity contribution is 0.463. The fourth-order valence-corrected chi connectivity index (χ4v) is 4.00. The number of anilines is 2. The number of aryl methyl sites for hydroxylation is 1. The van der Waals surface area contributed by atoms with Gasteiger partial charge in [0.25, 0.3) is 0 Å². The first-order chi connectivity index (χ1) is 12.6. The average molecular weight is 349 g/mol. The molecule has 0 amide bonds. The van der Waals surface area contributed by atoms with Crippen molar-refractivity contribution in [1.29, 1.82) is 0 Å². The predicted octanol–water partition coefficient (Wildman–Crippen LogP) is 5.68. The minimum atomic E-state index is -0.198. The zero-order chi connectivity index (χ0) is 18.1. The smallest absolute Gasteiger partial charge is 0.131 e. The molecule has 0 saturated heterocycles. The number of nitrogen functional groups attached to an aromatic ring is 1. The molecule has 2 aromatic carbocycles. The number of fused-ring (bicyclic) bond motifs is 1. The summed E-state index contributed by atoms with van der Waals surface area (Å²) in [6, 6.07) is 11.6. The molecular weight excluding hydrogens is 325 g/mol. The molecule has 3 N–H and O–H groups in total. The normalized spacial score (nSPS) is 15.3. The molecule has 26 heavy (non-hydrogen) atoms. The molecule has 134 valence electrons. The summed E-state index contributed by atoms with van der Waals surface area (Å²) in [7, 11) is 0. The summed E-state index contributed by atoms with van der Waals surface area (Å²) in [5.41, 5.74) is 9.39. The maximum Gasteiger partial charge on any atom is 0.131 e. The van der Waals surface area contributed by atoms with Gasteiger partial charge in [-0.1, -0.05) is 31.4 Å². The first-order valence-electron chi connectivity index (χ1n) is 9.33. The van der Waals surface area contributed by atoms with Gasteiger partial charge >= 0.3 is 0 Å². The third kappa shape index (κ3) is 3.24. The highest BCUT2D eigenvalue weighted by Gasteiger charge is 2.17. The maximum atomic E-state index is 14.5. The second-order valence-electron chi connectivity index (χ2n) is 7.27. The molecule has 0 aliphatic heterocycles. The first kappa shape index (κ1) is 16.8. The molecule has 0 radical (unpaired) electrons. The van der Waals surface area contributed by atoms with Crippen molar-refractivity contribution in [2.45, 2.75) is 45.1 Å². The highest BCUT2D eigenvalue weighted by molar-refractivity contribution is 5.98. The van der Waals surface area contributed by atoms with Gasteiger partial charge < -0.3 is 11.1 Å². The summed E-state index contributed by atoms with van der Waals surface area (Å²) < 4.78 is 14.5. The van der Waals surface area contributed by atoms with Gasteiger partial charge in [0.1, 0.15) is 11.6 Å². The van der Waals surface area contributed by atoms with Crippen molar-refractivity contribution in [2.24, 2.45) is 0 Å². The van der Waals surface area contributed by atoms with E-state index in [4.69, 9.17) is 5.73 Å². The molecule has 0 unspecified atom stereocenters. The number of halogens is 1. The van der Waals surface area contributed by atoms with Crippen LogP contribution in [-0.2, 0) is 0 Å². The molecule has 0 bridgehead atoms. The van der Waals surface area contributed by atoms with Gasteiger partial charge in [-0.15, -0.1) is 0 Å². The number of rotatable bonds is 3. The molecule has 3 aromatic rings. The van der Waals surface area contributed by atoms with E-state index in [1.807, 2.05) is 25.1 Å². The third-order valence-electron chi connectivity index (χ3n) is 5.33. The molecule has 3 nitrogen and oxygen atoms in total. The van der Waals surface area contributed by atoms with Gasteiger partial charge in [0.05, 0.1) is 0 Å². The van der Waals surface area contributed by atoms with Crippen LogP contribution in [0.4, 0.5) is 15.9 Å². The molecule has 1 fully saturated rings. The van der Waals surface area contributed by atoms with Gasteiger partial charge in [-0.3, -0.25) is 0 Å². The number of hydrogen-bond donors (Lipinski definition) is 2. The van der Waals surface area contributed by atoms with Crippen LogP contribution in [0.25, 0.3) is 21.9 Å². The summed E-state index contributed by atoms with van der Waals surface area (Å²) in [6.07, 6.45) is 7.94. The molecule has 4 rings (SSSR count). The Morgan fingerprint density at radius 3 is 2.69 bits per heavy atom. The minimum Gasteiger partial charge on any atom is -0.384 e. The van der Waals surface area contributed by atoms with Crippen molar-refractivity contribution >= 4 is 22.3 Å². The molecule has 0 atom stereocenters. The van der Waals surface area contributed by atoms with E-state index in [0.29, 0.717) is 17.4 Å². The molecule has 1 aromatic heterocycles. The Kier molecular flexibility index (Phi) is 4.49. The number of benzene rings is 2. The Morgan fingerprint density at radius 2 is 1.92 bits per heavy atom. The average Bonchev–Trinajstić information content (AvgIpc) is 2.63. The summed E-state index contributed by atoms with van der Waals surface area (Å²) >= 11 is 0. The highest BCUT2D eigenvalue weighted by Crippen LogP contribution is 2.35. The first-order valence-corrected chi connectivity index (χ1v) is 9.33. The van der Waals surface area contributed by atoms with Crippen molar-refractivity contribution in [1.82, 2.24) is 4.98 Å². The fourth-order valence-electron chi connectivity index (χ4n) is 4.00. The minimum absolute atomic E-state index is 0.198. The highest BCUT2D eigenvalue weighted by atomic mass is 19.1. The van der Waals surface area contributed by atoms with Crippen LogP contribution in [0.3, 0.4) is 0 Å². The lowest BCUT2D eigenvalue weighted by Gasteiger charge is -2.25. The van der Waals surface area contributed by atoms with E-state index >= 15 is 0 Å². The van der Waals surface area contributed by atoms with Crippen molar-refractivity contribution in [3.63, 3.8) is 0 Å². The maximum absolute atomic E-state index is 14.5. The van der Waals surface area contributed by atoms with E-state index in [0.717, 1.165) is 27.6 Å².